The molecule has 2 aromatic carbocycles. The molecular weight excluding hydrogens is 376 g/mol. The van der Waals surface area contributed by atoms with Crippen LogP contribution in [0, 0.1) is 5.92 Å². The van der Waals surface area contributed by atoms with Gasteiger partial charge in [0.15, 0.2) is 0 Å². The zero-order valence-electron chi connectivity index (χ0n) is 18.1. The molecule has 5 nitrogen and oxygen atoms in total. The summed E-state index contributed by atoms with van der Waals surface area (Å²) in [4.78, 5) is 26.9. The predicted molar refractivity (Wildman–Crippen MR) is 118 cm³/mol. The van der Waals surface area contributed by atoms with E-state index in [0.29, 0.717) is 19.5 Å². The molecule has 1 aliphatic heterocycles. The van der Waals surface area contributed by atoms with Crippen LogP contribution in [0.4, 0.5) is 4.79 Å². The van der Waals surface area contributed by atoms with E-state index in [4.69, 9.17) is 4.74 Å². The van der Waals surface area contributed by atoms with E-state index in [0.717, 1.165) is 24.1 Å². The Hall–Kier alpha value is -2.82. The van der Waals surface area contributed by atoms with E-state index in [9.17, 15) is 9.59 Å². The number of likely N-dealkylation sites (tertiary alicyclic amines) is 1. The second-order valence-corrected chi connectivity index (χ2v) is 8.96. The first kappa shape index (κ1) is 21.9. The van der Waals surface area contributed by atoms with Gasteiger partial charge in [-0.3, -0.25) is 4.79 Å². The van der Waals surface area contributed by atoms with Gasteiger partial charge in [-0.05, 0) is 44.2 Å². The minimum absolute atomic E-state index is 0.0406. The summed E-state index contributed by atoms with van der Waals surface area (Å²) in [6.45, 7) is 7.47. The molecule has 0 spiro atoms. The van der Waals surface area contributed by atoms with Crippen molar-refractivity contribution in [3.8, 4) is 0 Å². The first-order valence-corrected chi connectivity index (χ1v) is 10.7. The summed E-state index contributed by atoms with van der Waals surface area (Å²) in [7, 11) is 0. The quantitative estimate of drug-likeness (QED) is 0.761. The normalized spacial score (nSPS) is 16.5. The molecule has 1 heterocycles. The van der Waals surface area contributed by atoms with Crippen LogP contribution in [0.5, 0.6) is 0 Å². The Kier molecular flexibility index (Phi) is 7.14. The van der Waals surface area contributed by atoms with Gasteiger partial charge in [-0.2, -0.15) is 0 Å². The Balaban J connectivity index is 1.57. The Bertz CT molecular complexity index is 791. The number of nitrogens with one attached hydrogen (secondary N) is 1. The van der Waals surface area contributed by atoms with E-state index in [2.05, 4.69) is 29.6 Å². The molecule has 1 unspecified atom stereocenters. The van der Waals surface area contributed by atoms with Crippen LogP contribution in [0.15, 0.2) is 60.7 Å². The van der Waals surface area contributed by atoms with E-state index in [1.54, 1.807) is 0 Å². The van der Waals surface area contributed by atoms with Crippen molar-refractivity contribution in [3.63, 3.8) is 0 Å². The summed E-state index contributed by atoms with van der Waals surface area (Å²) in [6, 6.07) is 20.4. The maximum Gasteiger partial charge on any atom is 0.407 e. The van der Waals surface area contributed by atoms with Crippen LogP contribution < -0.4 is 5.32 Å². The van der Waals surface area contributed by atoms with Gasteiger partial charge in [-0.1, -0.05) is 60.7 Å². The number of hydrogen-bond acceptors (Lipinski definition) is 3. The smallest absolute Gasteiger partial charge is 0.407 e. The van der Waals surface area contributed by atoms with Crippen molar-refractivity contribution in [1.29, 1.82) is 0 Å². The van der Waals surface area contributed by atoms with Crippen LogP contribution in [0.25, 0.3) is 0 Å². The topological polar surface area (TPSA) is 58.6 Å². The summed E-state index contributed by atoms with van der Waals surface area (Å²) in [6.07, 6.45) is 0.934. The standard InChI is InChI=1S/C25H32N2O3/c1-25(2,3)30-24(29)26-17-19-14-15-27(18-19)23(28)16-22(20-10-6-4-7-11-20)21-12-8-5-9-13-21/h4-13,19,22H,14-18H2,1-3H3,(H,26,29). The molecule has 30 heavy (non-hydrogen) atoms. The van der Waals surface area contributed by atoms with Crippen LogP contribution in [0.1, 0.15) is 50.7 Å². The molecule has 1 saturated heterocycles. The summed E-state index contributed by atoms with van der Waals surface area (Å²) in [5.74, 6) is 0.458. The average Bonchev–Trinajstić information content (AvgIpc) is 3.20. The monoisotopic (exact) mass is 408 g/mol. The molecule has 1 fully saturated rings. The molecule has 5 heteroatoms. The number of alkyl carbamates (subject to hydrolysis) is 1. The van der Waals surface area contributed by atoms with Crippen molar-refractivity contribution >= 4 is 12.0 Å². The number of carbonyl (C=O) groups excluding carboxylic acids is 2. The lowest BCUT2D eigenvalue weighted by Gasteiger charge is -2.23. The third-order valence-electron chi connectivity index (χ3n) is 5.36. The first-order chi connectivity index (χ1) is 14.3. The van der Waals surface area contributed by atoms with Crippen LogP contribution in [0.3, 0.4) is 0 Å². The Morgan fingerprint density at radius 2 is 1.60 bits per heavy atom. The third kappa shape index (κ3) is 6.34. The molecule has 160 valence electrons. The molecule has 2 amide bonds. The van der Waals surface area contributed by atoms with E-state index in [1.807, 2.05) is 62.1 Å². The number of rotatable bonds is 6. The molecule has 3 rings (SSSR count). The Labute approximate surface area is 179 Å². The predicted octanol–water partition coefficient (Wildman–Crippen LogP) is 4.58. The number of nitrogens with zero attached hydrogens (tertiary/aromatic N) is 1. The maximum absolute atomic E-state index is 13.1. The number of benzene rings is 2. The summed E-state index contributed by atoms with van der Waals surface area (Å²) in [5.41, 5.74) is 1.80. The molecule has 0 aromatic heterocycles. The van der Waals surface area contributed by atoms with Crippen LogP contribution in [0.2, 0.25) is 0 Å². The van der Waals surface area contributed by atoms with Gasteiger partial charge in [0.2, 0.25) is 5.91 Å². The molecular formula is C25H32N2O3. The molecule has 0 aliphatic carbocycles. The second kappa shape index (κ2) is 9.79. The lowest BCUT2D eigenvalue weighted by Crippen LogP contribution is -2.36. The second-order valence-electron chi connectivity index (χ2n) is 8.96. The van der Waals surface area contributed by atoms with Crippen molar-refractivity contribution in [2.75, 3.05) is 19.6 Å². The summed E-state index contributed by atoms with van der Waals surface area (Å²) < 4.78 is 5.29. The molecule has 0 radical (unpaired) electrons. The van der Waals surface area contributed by atoms with Crippen molar-refractivity contribution in [2.45, 2.75) is 45.1 Å². The van der Waals surface area contributed by atoms with Crippen molar-refractivity contribution < 1.29 is 14.3 Å². The van der Waals surface area contributed by atoms with Crippen LogP contribution in [-0.2, 0) is 9.53 Å². The molecule has 1 atom stereocenters. The highest BCUT2D eigenvalue weighted by Gasteiger charge is 2.29. The van der Waals surface area contributed by atoms with E-state index < -0.39 is 11.7 Å². The fraction of sp³-hybridized carbons (Fsp3) is 0.440. The summed E-state index contributed by atoms with van der Waals surface area (Å²) in [5, 5.41) is 2.83. The fourth-order valence-corrected chi connectivity index (χ4v) is 3.87. The number of ether oxygens (including phenoxy) is 1. The van der Waals surface area contributed by atoms with Gasteiger partial charge in [0.05, 0.1) is 0 Å². The fourth-order valence-electron chi connectivity index (χ4n) is 3.87. The van der Waals surface area contributed by atoms with E-state index in [-0.39, 0.29) is 17.7 Å². The van der Waals surface area contributed by atoms with E-state index >= 15 is 0 Å². The minimum atomic E-state index is -0.508. The van der Waals surface area contributed by atoms with Gasteiger partial charge in [0.1, 0.15) is 5.60 Å². The lowest BCUT2D eigenvalue weighted by atomic mass is 9.88. The minimum Gasteiger partial charge on any atom is -0.444 e. The van der Waals surface area contributed by atoms with Gasteiger partial charge < -0.3 is 15.0 Å². The van der Waals surface area contributed by atoms with Crippen molar-refractivity contribution in [3.05, 3.63) is 71.8 Å². The SMILES string of the molecule is CC(C)(C)OC(=O)NCC1CCN(C(=O)CC(c2ccccc2)c2ccccc2)C1. The highest BCUT2D eigenvalue weighted by molar-refractivity contribution is 5.78. The van der Waals surface area contributed by atoms with Crippen molar-refractivity contribution in [1.82, 2.24) is 10.2 Å². The van der Waals surface area contributed by atoms with Gasteiger partial charge in [-0.15, -0.1) is 0 Å². The zero-order chi connectivity index (χ0) is 21.6. The lowest BCUT2D eigenvalue weighted by molar-refractivity contribution is -0.130. The molecule has 2 aromatic rings. The first-order valence-electron chi connectivity index (χ1n) is 10.7. The van der Waals surface area contributed by atoms with Crippen LogP contribution >= 0.6 is 0 Å². The van der Waals surface area contributed by atoms with E-state index in [1.165, 1.54) is 0 Å². The molecule has 0 saturated carbocycles. The number of carbonyl (C=O) groups is 2. The third-order valence-corrected chi connectivity index (χ3v) is 5.36. The largest absolute Gasteiger partial charge is 0.444 e. The highest BCUT2D eigenvalue weighted by atomic mass is 16.6. The molecule has 0 bridgehead atoms. The summed E-state index contributed by atoms with van der Waals surface area (Å²) >= 11 is 0. The zero-order valence-corrected chi connectivity index (χ0v) is 18.1. The average molecular weight is 409 g/mol. The van der Waals surface area contributed by atoms with Crippen molar-refractivity contribution in [2.24, 2.45) is 5.92 Å². The number of amides is 2. The molecule has 1 aliphatic rings. The highest BCUT2D eigenvalue weighted by Crippen LogP contribution is 2.29. The van der Waals surface area contributed by atoms with Crippen LogP contribution in [-0.4, -0.2) is 42.1 Å². The van der Waals surface area contributed by atoms with Gasteiger partial charge in [0, 0.05) is 32.0 Å². The Morgan fingerprint density at radius 3 is 2.13 bits per heavy atom. The Morgan fingerprint density at radius 1 is 1.03 bits per heavy atom. The molecule has 1 N–H and O–H groups in total. The van der Waals surface area contributed by atoms with Gasteiger partial charge in [-0.25, -0.2) is 4.79 Å². The van der Waals surface area contributed by atoms with Gasteiger partial charge >= 0.3 is 6.09 Å². The number of hydrogen-bond donors (Lipinski definition) is 1. The van der Waals surface area contributed by atoms with Gasteiger partial charge in [0.25, 0.3) is 0 Å². The maximum atomic E-state index is 13.1.